The number of hydrogen-bond donors (Lipinski definition) is 2. The van der Waals surface area contributed by atoms with Crippen molar-refractivity contribution in [2.75, 3.05) is 13.2 Å². The first-order chi connectivity index (χ1) is 10.7. The molecule has 2 rings (SSSR count). The number of aliphatic hydroxyl groups excluding tert-OH is 1. The van der Waals surface area contributed by atoms with Gasteiger partial charge in [0.1, 0.15) is 12.4 Å². The lowest BCUT2D eigenvalue weighted by Gasteiger charge is -2.20. The molecule has 0 aliphatic rings. The van der Waals surface area contributed by atoms with Crippen molar-refractivity contribution in [2.24, 2.45) is 17.6 Å². The Morgan fingerprint density at radius 1 is 1.00 bits per heavy atom. The molecule has 0 aliphatic carbocycles. The van der Waals surface area contributed by atoms with E-state index in [4.69, 9.17) is 10.5 Å². The maximum absolute atomic E-state index is 9.30. The fourth-order valence-corrected chi connectivity index (χ4v) is 2.49. The van der Waals surface area contributed by atoms with Crippen molar-refractivity contribution in [1.82, 2.24) is 0 Å². The maximum atomic E-state index is 9.30. The summed E-state index contributed by atoms with van der Waals surface area (Å²) in [5, 5.41) is 9.30. The highest BCUT2D eigenvalue weighted by atomic mass is 16.5. The van der Waals surface area contributed by atoms with Crippen LogP contribution in [0.1, 0.15) is 18.1 Å². The second-order valence-corrected chi connectivity index (χ2v) is 5.78. The fraction of sp³-hybridized carbons (Fsp3) is 0.368. The van der Waals surface area contributed by atoms with Crippen molar-refractivity contribution in [2.45, 2.75) is 20.0 Å². The minimum Gasteiger partial charge on any atom is -0.489 e. The summed E-state index contributed by atoms with van der Waals surface area (Å²) in [5.74, 6) is 1.40. The third-order valence-electron chi connectivity index (χ3n) is 4.07. The van der Waals surface area contributed by atoms with E-state index in [1.54, 1.807) is 0 Å². The van der Waals surface area contributed by atoms with Gasteiger partial charge in [-0.05, 0) is 48.1 Å². The van der Waals surface area contributed by atoms with E-state index in [-0.39, 0.29) is 12.5 Å². The summed E-state index contributed by atoms with van der Waals surface area (Å²) in [6.45, 7) is 3.38. The van der Waals surface area contributed by atoms with E-state index in [0.29, 0.717) is 19.1 Å². The highest BCUT2D eigenvalue weighted by molar-refractivity contribution is 5.28. The standard InChI is InChI=1S/C19H25NO2/c1-15(18(12-20)13-21)11-16-7-9-19(10-8-16)22-14-17-5-3-2-4-6-17/h2-10,15,18,21H,11-14,20H2,1H3. The van der Waals surface area contributed by atoms with Gasteiger partial charge in [0, 0.05) is 6.61 Å². The fourth-order valence-electron chi connectivity index (χ4n) is 2.49. The molecule has 0 aromatic heterocycles. The zero-order chi connectivity index (χ0) is 15.8. The van der Waals surface area contributed by atoms with Gasteiger partial charge in [-0.2, -0.15) is 0 Å². The molecule has 0 fully saturated rings. The quantitative estimate of drug-likeness (QED) is 0.788. The molecule has 0 spiro atoms. The molecule has 2 aromatic rings. The second-order valence-electron chi connectivity index (χ2n) is 5.78. The molecule has 0 saturated carbocycles. The Bertz CT molecular complexity index is 535. The molecule has 3 heteroatoms. The van der Waals surface area contributed by atoms with E-state index >= 15 is 0 Å². The molecule has 0 radical (unpaired) electrons. The van der Waals surface area contributed by atoms with Crippen molar-refractivity contribution < 1.29 is 9.84 Å². The van der Waals surface area contributed by atoms with Crippen LogP contribution in [0.25, 0.3) is 0 Å². The molecule has 0 bridgehead atoms. The Morgan fingerprint density at radius 2 is 1.68 bits per heavy atom. The summed E-state index contributed by atoms with van der Waals surface area (Å²) in [6.07, 6.45) is 0.918. The van der Waals surface area contributed by atoms with Crippen LogP contribution >= 0.6 is 0 Å². The third-order valence-corrected chi connectivity index (χ3v) is 4.07. The van der Waals surface area contributed by atoms with E-state index < -0.39 is 0 Å². The lowest BCUT2D eigenvalue weighted by atomic mass is 9.89. The predicted molar refractivity (Wildman–Crippen MR) is 89.7 cm³/mol. The van der Waals surface area contributed by atoms with Gasteiger partial charge in [-0.3, -0.25) is 0 Å². The van der Waals surface area contributed by atoms with Crippen LogP contribution in [0.15, 0.2) is 54.6 Å². The molecule has 2 atom stereocenters. The molecule has 0 amide bonds. The third kappa shape index (κ3) is 4.86. The Morgan fingerprint density at radius 3 is 2.27 bits per heavy atom. The predicted octanol–water partition coefficient (Wildman–Crippen LogP) is 3.01. The van der Waals surface area contributed by atoms with Gasteiger partial charge < -0.3 is 15.6 Å². The first kappa shape index (κ1) is 16.5. The highest BCUT2D eigenvalue weighted by Crippen LogP contribution is 2.19. The molecule has 22 heavy (non-hydrogen) atoms. The first-order valence-electron chi connectivity index (χ1n) is 7.79. The van der Waals surface area contributed by atoms with Gasteiger partial charge in [0.05, 0.1) is 0 Å². The molecule has 0 heterocycles. The summed E-state index contributed by atoms with van der Waals surface area (Å²) in [5.41, 5.74) is 8.08. The summed E-state index contributed by atoms with van der Waals surface area (Å²) in [7, 11) is 0. The smallest absolute Gasteiger partial charge is 0.119 e. The summed E-state index contributed by atoms with van der Waals surface area (Å²) in [4.78, 5) is 0. The Balaban J connectivity index is 1.87. The van der Waals surface area contributed by atoms with Gasteiger partial charge in [0.2, 0.25) is 0 Å². The van der Waals surface area contributed by atoms with Crippen LogP contribution in [-0.2, 0) is 13.0 Å². The van der Waals surface area contributed by atoms with Crippen molar-refractivity contribution in [3.63, 3.8) is 0 Å². The number of nitrogens with two attached hydrogens (primary N) is 1. The second kappa shape index (κ2) is 8.57. The summed E-state index contributed by atoms with van der Waals surface area (Å²) >= 11 is 0. The van der Waals surface area contributed by atoms with Crippen LogP contribution in [0.4, 0.5) is 0 Å². The molecule has 2 unspecified atom stereocenters. The minimum atomic E-state index is 0.149. The van der Waals surface area contributed by atoms with Crippen molar-refractivity contribution in [3.05, 3.63) is 65.7 Å². The van der Waals surface area contributed by atoms with Crippen LogP contribution in [0.2, 0.25) is 0 Å². The van der Waals surface area contributed by atoms with E-state index in [1.807, 2.05) is 30.3 Å². The average molecular weight is 299 g/mol. The largest absolute Gasteiger partial charge is 0.489 e. The maximum Gasteiger partial charge on any atom is 0.119 e. The molecular weight excluding hydrogens is 274 g/mol. The molecule has 2 aromatic carbocycles. The Hall–Kier alpha value is -1.84. The van der Waals surface area contributed by atoms with Gasteiger partial charge in [-0.25, -0.2) is 0 Å². The van der Waals surface area contributed by atoms with E-state index in [1.165, 1.54) is 5.56 Å². The summed E-state index contributed by atoms with van der Waals surface area (Å²) < 4.78 is 5.78. The van der Waals surface area contributed by atoms with Gasteiger partial charge in [0.25, 0.3) is 0 Å². The highest BCUT2D eigenvalue weighted by Gasteiger charge is 2.15. The van der Waals surface area contributed by atoms with E-state index in [9.17, 15) is 5.11 Å². The van der Waals surface area contributed by atoms with Crippen LogP contribution in [0, 0.1) is 11.8 Å². The molecule has 3 nitrogen and oxygen atoms in total. The van der Waals surface area contributed by atoms with Crippen molar-refractivity contribution in [3.8, 4) is 5.75 Å². The van der Waals surface area contributed by atoms with E-state index in [0.717, 1.165) is 17.7 Å². The normalized spacial score (nSPS) is 13.6. The van der Waals surface area contributed by atoms with Crippen LogP contribution in [-0.4, -0.2) is 18.3 Å². The zero-order valence-electron chi connectivity index (χ0n) is 13.1. The first-order valence-corrected chi connectivity index (χ1v) is 7.79. The molecule has 0 saturated heterocycles. The number of aliphatic hydroxyl groups is 1. The number of rotatable bonds is 8. The Labute approximate surface area is 132 Å². The molecule has 3 N–H and O–H groups in total. The van der Waals surface area contributed by atoms with Gasteiger partial charge in [-0.1, -0.05) is 49.4 Å². The minimum absolute atomic E-state index is 0.149. The Kier molecular flexibility index (Phi) is 6.44. The van der Waals surface area contributed by atoms with Crippen molar-refractivity contribution >= 4 is 0 Å². The number of benzene rings is 2. The lowest BCUT2D eigenvalue weighted by molar-refractivity contribution is 0.187. The summed E-state index contributed by atoms with van der Waals surface area (Å²) in [6, 6.07) is 18.3. The van der Waals surface area contributed by atoms with Crippen molar-refractivity contribution in [1.29, 1.82) is 0 Å². The average Bonchev–Trinajstić information content (AvgIpc) is 2.56. The SMILES string of the molecule is CC(Cc1ccc(OCc2ccccc2)cc1)C(CN)CO. The number of ether oxygens (including phenoxy) is 1. The van der Waals surface area contributed by atoms with Crippen LogP contribution in [0.5, 0.6) is 5.75 Å². The van der Waals surface area contributed by atoms with Gasteiger partial charge in [0.15, 0.2) is 0 Å². The zero-order valence-corrected chi connectivity index (χ0v) is 13.1. The van der Waals surface area contributed by atoms with Crippen LogP contribution in [0.3, 0.4) is 0 Å². The van der Waals surface area contributed by atoms with Gasteiger partial charge >= 0.3 is 0 Å². The topological polar surface area (TPSA) is 55.5 Å². The molecular formula is C19H25NO2. The monoisotopic (exact) mass is 299 g/mol. The molecule has 118 valence electrons. The number of hydrogen-bond acceptors (Lipinski definition) is 3. The lowest BCUT2D eigenvalue weighted by Crippen LogP contribution is -2.26. The van der Waals surface area contributed by atoms with Gasteiger partial charge in [-0.15, -0.1) is 0 Å². The van der Waals surface area contributed by atoms with Crippen LogP contribution < -0.4 is 10.5 Å². The molecule has 0 aliphatic heterocycles. The van der Waals surface area contributed by atoms with E-state index in [2.05, 4.69) is 31.2 Å².